The van der Waals surface area contributed by atoms with Gasteiger partial charge in [0.25, 0.3) is 0 Å². The van der Waals surface area contributed by atoms with E-state index in [4.69, 9.17) is 0 Å². The lowest BCUT2D eigenvalue weighted by Gasteiger charge is -2.27. The molecule has 1 fully saturated rings. The van der Waals surface area contributed by atoms with Gasteiger partial charge in [-0.15, -0.1) is 0 Å². The number of carbonyl (C=O) groups is 2. The molecule has 0 saturated carbocycles. The summed E-state index contributed by atoms with van der Waals surface area (Å²) in [4.78, 5) is 41.4. The first-order chi connectivity index (χ1) is 19.4. The number of nitrogens with one attached hydrogen (secondary N) is 3. The van der Waals surface area contributed by atoms with Crippen molar-refractivity contribution >= 4 is 40.0 Å². The Morgan fingerprint density at radius 1 is 0.950 bits per heavy atom. The van der Waals surface area contributed by atoms with E-state index in [0.29, 0.717) is 12.2 Å². The van der Waals surface area contributed by atoms with Gasteiger partial charge < -0.3 is 25.4 Å². The van der Waals surface area contributed by atoms with Crippen molar-refractivity contribution < 1.29 is 9.59 Å². The number of H-pyrrole nitrogens is 1. The van der Waals surface area contributed by atoms with E-state index in [0.717, 1.165) is 52.4 Å². The number of carbonyl (C=O) groups excluding carboxylic acids is 2. The SMILES string of the molecule is CN(C)C/C=C/C(=O)Nc1ccc(CC(=O)Nc2ccc(-c3cc4c(N5CCCCC5)ncnc4[nH]3)cc2)cc1. The summed E-state index contributed by atoms with van der Waals surface area (Å²) in [5.74, 6) is 0.699. The second-order valence-electron chi connectivity index (χ2n) is 10.3. The molecule has 206 valence electrons. The van der Waals surface area contributed by atoms with E-state index in [2.05, 4.69) is 36.6 Å². The Kier molecular flexibility index (Phi) is 8.51. The number of anilines is 3. The van der Waals surface area contributed by atoms with E-state index in [9.17, 15) is 9.59 Å². The van der Waals surface area contributed by atoms with Crippen LogP contribution < -0.4 is 15.5 Å². The van der Waals surface area contributed by atoms with Gasteiger partial charge >= 0.3 is 0 Å². The number of piperidine rings is 1. The summed E-state index contributed by atoms with van der Waals surface area (Å²) in [7, 11) is 3.88. The van der Waals surface area contributed by atoms with Crippen molar-refractivity contribution in [2.24, 2.45) is 0 Å². The highest BCUT2D eigenvalue weighted by Gasteiger charge is 2.17. The van der Waals surface area contributed by atoms with Crippen molar-refractivity contribution in [1.29, 1.82) is 0 Å². The minimum absolute atomic E-state index is 0.108. The van der Waals surface area contributed by atoms with E-state index < -0.39 is 0 Å². The number of aromatic amines is 1. The summed E-state index contributed by atoms with van der Waals surface area (Å²) in [5.41, 5.74) is 5.08. The minimum atomic E-state index is -0.182. The lowest BCUT2D eigenvalue weighted by atomic mass is 10.1. The lowest BCUT2D eigenvalue weighted by molar-refractivity contribution is -0.115. The van der Waals surface area contributed by atoms with Crippen LogP contribution in [0.15, 0.2) is 73.1 Å². The van der Waals surface area contributed by atoms with Crippen LogP contribution in [0.1, 0.15) is 24.8 Å². The van der Waals surface area contributed by atoms with Gasteiger partial charge in [-0.25, -0.2) is 9.97 Å². The number of hydrogen-bond donors (Lipinski definition) is 3. The molecule has 40 heavy (non-hydrogen) atoms. The molecule has 1 aliphatic rings. The van der Waals surface area contributed by atoms with E-state index in [1.165, 1.54) is 25.3 Å². The van der Waals surface area contributed by atoms with Gasteiger partial charge in [0, 0.05) is 42.8 Å². The van der Waals surface area contributed by atoms with E-state index in [-0.39, 0.29) is 18.2 Å². The highest BCUT2D eigenvalue weighted by molar-refractivity contribution is 5.99. The van der Waals surface area contributed by atoms with Gasteiger partial charge in [-0.2, -0.15) is 0 Å². The van der Waals surface area contributed by atoms with Crippen molar-refractivity contribution in [3.8, 4) is 11.3 Å². The molecule has 2 aromatic carbocycles. The zero-order valence-electron chi connectivity index (χ0n) is 23.0. The van der Waals surface area contributed by atoms with Crippen LogP contribution in [-0.2, 0) is 16.0 Å². The Bertz CT molecular complexity index is 1480. The maximum atomic E-state index is 12.7. The fourth-order valence-electron chi connectivity index (χ4n) is 4.82. The maximum Gasteiger partial charge on any atom is 0.248 e. The van der Waals surface area contributed by atoms with Gasteiger partial charge in [0.1, 0.15) is 17.8 Å². The lowest BCUT2D eigenvalue weighted by Crippen LogP contribution is -2.30. The number of fused-ring (bicyclic) bond motifs is 1. The normalized spacial score (nSPS) is 13.7. The van der Waals surface area contributed by atoms with Gasteiger partial charge in [-0.1, -0.05) is 30.3 Å². The second kappa shape index (κ2) is 12.6. The predicted molar refractivity (Wildman–Crippen MR) is 160 cm³/mol. The third-order valence-electron chi connectivity index (χ3n) is 6.87. The number of aromatic nitrogens is 3. The quantitative estimate of drug-likeness (QED) is 0.264. The molecule has 3 N–H and O–H groups in total. The summed E-state index contributed by atoms with van der Waals surface area (Å²) in [6.45, 7) is 2.75. The van der Waals surface area contributed by atoms with Crippen LogP contribution in [0.25, 0.3) is 22.3 Å². The molecular weight excluding hydrogens is 502 g/mol. The first-order valence-corrected chi connectivity index (χ1v) is 13.6. The molecule has 5 rings (SSSR count). The number of amides is 2. The minimum Gasteiger partial charge on any atom is -0.356 e. The van der Waals surface area contributed by atoms with Gasteiger partial charge in [0.2, 0.25) is 11.8 Å². The van der Waals surface area contributed by atoms with Crippen molar-refractivity contribution in [1.82, 2.24) is 19.9 Å². The molecule has 0 unspecified atom stereocenters. The van der Waals surface area contributed by atoms with Crippen LogP contribution in [0.2, 0.25) is 0 Å². The highest BCUT2D eigenvalue weighted by atomic mass is 16.2. The zero-order valence-corrected chi connectivity index (χ0v) is 23.0. The molecule has 4 aromatic rings. The topological polar surface area (TPSA) is 106 Å². The number of nitrogens with zero attached hydrogens (tertiary/aromatic N) is 4. The molecule has 3 heterocycles. The Labute approximate surface area is 234 Å². The molecule has 2 amide bonds. The standard InChI is InChI=1S/C31H35N7O2/c1-37(2)16-6-7-28(39)34-24-12-8-22(9-13-24)19-29(40)35-25-14-10-23(11-15-25)27-20-26-30(36-27)32-21-33-31(26)38-17-4-3-5-18-38/h6-15,20-21H,3-5,16-19H2,1-2H3,(H,34,39)(H,35,40)(H,32,33,36)/b7-6+. The van der Waals surface area contributed by atoms with Crippen molar-refractivity contribution in [2.75, 3.05) is 49.3 Å². The molecule has 0 spiro atoms. The van der Waals surface area contributed by atoms with Crippen LogP contribution in [0.3, 0.4) is 0 Å². The third kappa shape index (κ3) is 6.92. The van der Waals surface area contributed by atoms with E-state index in [1.807, 2.05) is 61.5 Å². The summed E-state index contributed by atoms with van der Waals surface area (Å²) >= 11 is 0. The molecule has 2 aromatic heterocycles. The predicted octanol–water partition coefficient (Wildman–Crippen LogP) is 4.85. The third-order valence-corrected chi connectivity index (χ3v) is 6.87. The first-order valence-electron chi connectivity index (χ1n) is 13.6. The summed E-state index contributed by atoms with van der Waals surface area (Å²) < 4.78 is 0. The Balaban J connectivity index is 1.17. The van der Waals surface area contributed by atoms with Crippen LogP contribution >= 0.6 is 0 Å². The molecular formula is C31H35N7O2. The number of benzene rings is 2. The van der Waals surface area contributed by atoms with Gasteiger partial charge in [0.15, 0.2) is 0 Å². The molecule has 0 aliphatic carbocycles. The Morgan fingerprint density at radius 3 is 2.38 bits per heavy atom. The van der Waals surface area contributed by atoms with Crippen LogP contribution in [0, 0.1) is 0 Å². The van der Waals surface area contributed by atoms with Crippen molar-refractivity contribution in [3.05, 3.63) is 78.6 Å². The van der Waals surface area contributed by atoms with Crippen LogP contribution in [0.5, 0.6) is 0 Å². The average Bonchev–Trinajstić information content (AvgIpc) is 3.39. The number of hydrogen-bond acceptors (Lipinski definition) is 6. The molecule has 0 radical (unpaired) electrons. The van der Waals surface area contributed by atoms with E-state index in [1.54, 1.807) is 18.5 Å². The van der Waals surface area contributed by atoms with Gasteiger partial charge in [-0.3, -0.25) is 9.59 Å². The summed E-state index contributed by atoms with van der Waals surface area (Å²) in [5, 5.41) is 6.82. The van der Waals surface area contributed by atoms with E-state index >= 15 is 0 Å². The smallest absolute Gasteiger partial charge is 0.248 e. The molecule has 9 nitrogen and oxygen atoms in total. The Hall–Kier alpha value is -4.50. The van der Waals surface area contributed by atoms with Crippen molar-refractivity contribution in [2.45, 2.75) is 25.7 Å². The molecule has 1 saturated heterocycles. The second-order valence-corrected chi connectivity index (χ2v) is 10.3. The molecule has 1 aliphatic heterocycles. The largest absolute Gasteiger partial charge is 0.356 e. The maximum absolute atomic E-state index is 12.7. The molecule has 0 atom stereocenters. The average molecular weight is 538 g/mol. The summed E-state index contributed by atoms with van der Waals surface area (Å²) in [6.07, 6.45) is 8.84. The van der Waals surface area contributed by atoms with Gasteiger partial charge in [0.05, 0.1) is 11.8 Å². The Morgan fingerprint density at radius 2 is 1.65 bits per heavy atom. The first kappa shape index (κ1) is 27.1. The molecule has 0 bridgehead atoms. The number of likely N-dealkylation sites (N-methyl/N-ethyl adjacent to an activating group) is 1. The fourth-order valence-corrected chi connectivity index (χ4v) is 4.82. The van der Waals surface area contributed by atoms with Crippen LogP contribution in [0.4, 0.5) is 17.2 Å². The highest BCUT2D eigenvalue weighted by Crippen LogP contribution is 2.30. The fraction of sp³-hybridized carbons (Fsp3) is 0.290. The zero-order chi connectivity index (χ0) is 27.9. The summed E-state index contributed by atoms with van der Waals surface area (Å²) in [6, 6.07) is 17.2. The molecule has 9 heteroatoms. The van der Waals surface area contributed by atoms with Crippen LogP contribution in [-0.4, -0.2) is 65.4 Å². The number of rotatable bonds is 9. The van der Waals surface area contributed by atoms with Crippen molar-refractivity contribution in [3.63, 3.8) is 0 Å². The monoisotopic (exact) mass is 537 g/mol. The van der Waals surface area contributed by atoms with Gasteiger partial charge in [-0.05, 0) is 74.8 Å².